The number of pyridine rings is 1. The fraction of sp³-hybridized carbons (Fsp3) is 0.280. The summed E-state index contributed by atoms with van der Waals surface area (Å²) in [6, 6.07) is 20.0. The Bertz CT molecular complexity index is 1110. The number of carbonyl (C=O) groups is 1. The molecule has 3 aromatic rings. The number of hydrogen-bond donors (Lipinski definition) is 1. The molecule has 5 nitrogen and oxygen atoms in total. The number of nitrogens with zero attached hydrogens (tertiary/aromatic N) is 3. The first-order valence-electron chi connectivity index (χ1n) is 10.8. The van der Waals surface area contributed by atoms with Crippen molar-refractivity contribution in [2.24, 2.45) is 0 Å². The maximum absolute atomic E-state index is 13.2. The van der Waals surface area contributed by atoms with Crippen molar-refractivity contribution in [1.29, 1.82) is 0 Å². The fourth-order valence-electron chi connectivity index (χ4n) is 4.70. The summed E-state index contributed by atoms with van der Waals surface area (Å²) in [5.41, 5.74) is 3.18. The third-order valence-electron chi connectivity index (χ3n) is 6.49. The maximum atomic E-state index is 13.2. The van der Waals surface area contributed by atoms with Crippen molar-refractivity contribution < 1.29 is 9.18 Å². The second kappa shape index (κ2) is 8.52. The molecule has 2 aromatic carbocycles. The minimum absolute atomic E-state index is 0.100. The lowest BCUT2D eigenvalue weighted by Gasteiger charge is -2.43. The Hall–Kier alpha value is -2.96. The number of anilines is 1. The minimum atomic E-state index is -0.520. The Morgan fingerprint density at radius 1 is 1.00 bits per heavy atom. The molecule has 32 heavy (non-hydrogen) atoms. The molecule has 3 heterocycles. The van der Waals surface area contributed by atoms with E-state index in [2.05, 4.69) is 15.1 Å². The summed E-state index contributed by atoms with van der Waals surface area (Å²) in [5.74, 6) is -0.153. The average molecular weight is 451 g/mol. The van der Waals surface area contributed by atoms with Crippen molar-refractivity contribution in [3.63, 3.8) is 0 Å². The van der Waals surface area contributed by atoms with Crippen LogP contribution in [0.15, 0.2) is 66.7 Å². The van der Waals surface area contributed by atoms with E-state index in [1.54, 1.807) is 12.1 Å². The number of nitrogens with one attached hydrogen (secondary N) is 1. The van der Waals surface area contributed by atoms with Gasteiger partial charge in [-0.3, -0.25) is 14.7 Å². The molecule has 5 rings (SSSR count). The van der Waals surface area contributed by atoms with Gasteiger partial charge in [-0.15, -0.1) is 0 Å². The molecule has 1 N–H and O–H groups in total. The highest BCUT2D eigenvalue weighted by atomic mass is 35.5. The van der Waals surface area contributed by atoms with Crippen LogP contribution in [0.3, 0.4) is 0 Å². The van der Waals surface area contributed by atoms with Gasteiger partial charge in [0, 0.05) is 35.9 Å². The van der Waals surface area contributed by atoms with Crippen molar-refractivity contribution in [2.75, 3.05) is 24.7 Å². The van der Waals surface area contributed by atoms with Gasteiger partial charge in [-0.2, -0.15) is 0 Å². The molecule has 0 unspecified atom stereocenters. The summed E-state index contributed by atoms with van der Waals surface area (Å²) >= 11 is 6.05. The summed E-state index contributed by atoms with van der Waals surface area (Å²) in [7, 11) is 0. The standard InChI is InChI=1S/C25H24ClFN4O/c26-19-6-10-22(11-7-19)31-17-28-24(32)25(31)12-14-30(15-13-25)16-21-2-1-3-23(29-21)18-4-8-20(27)9-5-18/h1-11H,12-17H2,(H,28,32). The number of carbonyl (C=O) groups excluding carboxylic acids is 1. The van der Waals surface area contributed by atoms with Crippen LogP contribution in [0.4, 0.5) is 10.1 Å². The van der Waals surface area contributed by atoms with E-state index in [0.717, 1.165) is 48.6 Å². The van der Waals surface area contributed by atoms with Gasteiger partial charge in [-0.05, 0) is 73.5 Å². The Kier molecular flexibility index (Phi) is 5.57. The van der Waals surface area contributed by atoms with Gasteiger partial charge in [0.1, 0.15) is 11.4 Å². The average Bonchev–Trinajstić information content (AvgIpc) is 3.12. The molecular weight excluding hydrogens is 427 g/mol. The highest BCUT2D eigenvalue weighted by Gasteiger charge is 2.50. The molecular formula is C25H24ClFN4O. The van der Waals surface area contributed by atoms with Crippen LogP contribution in [0.5, 0.6) is 0 Å². The highest BCUT2D eigenvalue weighted by molar-refractivity contribution is 6.30. The third-order valence-corrected chi connectivity index (χ3v) is 6.74. The molecule has 0 aliphatic carbocycles. The molecule has 1 amide bonds. The number of aromatic nitrogens is 1. The van der Waals surface area contributed by atoms with Crippen molar-refractivity contribution in [3.05, 3.63) is 83.3 Å². The molecule has 2 aliphatic heterocycles. The van der Waals surface area contributed by atoms with Crippen LogP contribution in [-0.4, -0.2) is 41.1 Å². The predicted molar refractivity (Wildman–Crippen MR) is 124 cm³/mol. The summed E-state index contributed by atoms with van der Waals surface area (Å²) < 4.78 is 13.2. The van der Waals surface area contributed by atoms with E-state index in [1.165, 1.54) is 12.1 Å². The molecule has 2 aliphatic rings. The topological polar surface area (TPSA) is 48.5 Å². The molecule has 164 valence electrons. The van der Waals surface area contributed by atoms with E-state index in [0.29, 0.717) is 18.2 Å². The van der Waals surface area contributed by atoms with Crippen LogP contribution in [0.1, 0.15) is 18.5 Å². The second-order valence-corrected chi connectivity index (χ2v) is 8.83. The first-order chi connectivity index (χ1) is 15.5. The summed E-state index contributed by atoms with van der Waals surface area (Å²) in [5, 5.41) is 3.72. The highest BCUT2D eigenvalue weighted by Crippen LogP contribution is 2.37. The molecule has 7 heteroatoms. The lowest BCUT2D eigenvalue weighted by Crippen LogP contribution is -2.56. The maximum Gasteiger partial charge on any atom is 0.247 e. The predicted octanol–water partition coefficient (Wildman–Crippen LogP) is 4.47. The molecule has 0 bridgehead atoms. The van der Waals surface area contributed by atoms with Crippen molar-refractivity contribution in [3.8, 4) is 11.3 Å². The van der Waals surface area contributed by atoms with Crippen LogP contribution < -0.4 is 10.2 Å². The van der Waals surface area contributed by atoms with Gasteiger partial charge >= 0.3 is 0 Å². The van der Waals surface area contributed by atoms with Crippen molar-refractivity contribution in [1.82, 2.24) is 15.2 Å². The Morgan fingerprint density at radius 3 is 2.44 bits per heavy atom. The number of benzene rings is 2. The van der Waals surface area contributed by atoms with Gasteiger partial charge in [-0.25, -0.2) is 4.39 Å². The largest absolute Gasteiger partial charge is 0.339 e. The van der Waals surface area contributed by atoms with Crippen LogP contribution >= 0.6 is 11.6 Å². The third kappa shape index (κ3) is 3.96. The van der Waals surface area contributed by atoms with Gasteiger partial charge in [-0.1, -0.05) is 17.7 Å². The van der Waals surface area contributed by atoms with Crippen LogP contribution in [0, 0.1) is 5.82 Å². The summed E-state index contributed by atoms with van der Waals surface area (Å²) in [6.45, 7) is 2.84. The molecule has 2 saturated heterocycles. The van der Waals surface area contributed by atoms with E-state index < -0.39 is 5.54 Å². The number of halogens is 2. The van der Waals surface area contributed by atoms with Crippen molar-refractivity contribution in [2.45, 2.75) is 24.9 Å². The van der Waals surface area contributed by atoms with Gasteiger partial charge in [0.05, 0.1) is 18.1 Å². The second-order valence-electron chi connectivity index (χ2n) is 8.40. The van der Waals surface area contributed by atoms with E-state index in [9.17, 15) is 9.18 Å². The van der Waals surface area contributed by atoms with Crippen LogP contribution in [0.25, 0.3) is 11.3 Å². The van der Waals surface area contributed by atoms with Crippen LogP contribution in [-0.2, 0) is 11.3 Å². The van der Waals surface area contributed by atoms with E-state index in [-0.39, 0.29) is 11.7 Å². The zero-order valence-corrected chi connectivity index (χ0v) is 18.4. The zero-order chi connectivity index (χ0) is 22.1. The molecule has 1 spiro atoms. The zero-order valence-electron chi connectivity index (χ0n) is 17.6. The first-order valence-corrected chi connectivity index (χ1v) is 11.2. The van der Waals surface area contributed by atoms with Gasteiger partial charge in [0.15, 0.2) is 0 Å². The Balaban J connectivity index is 1.28. The van der Waals surface area contributed by atoms with E-state index >= 15 is 0 Å². The summed E-state index contributed by atoms with van der Waals surface area (Å²) in [6.07, 6.45) is 1.50. The molecule has 0 saturated carbocycles. The molecule has 0 radical (unpaired) electrons. The lowest BCUT2D eigenvalue weighted by atomic mass is 9.85. The SMILES string of the molecule is O=C1NCN(c2ccc(Cl)cc2)C12CCN(Cc1cccc(-c3ccc(F)cc3)n1)CC2. The number of amides is 1. The smallest absolute Gasteiger partial charge is 0.247 e. The van der Waals surface area contributed by atoms with Gasteiger partial charge < -0.3 is 10.2 Å². The van der Waals surface area contributed by atoms with Gasteiger partial charge in [0.25, 0.3) is 0 Å². The normalized spacial score (nSPS) is 18.2. The Morgan fingerprint density at radius 2 is 1.72 bits per heavy atom. The molecule has 0 atom stereocenters. The van der Waals surface area contributed by atoms with Gasteiger partial charge in [0.2, 0.25) is 5.91 Å². The number of likely N-dealkylation sites (tertiary alicyclic amines) is 1. The number of piperidine rings is 1. The number of rotatable bonds is 4. The summed E-state index contributed by atoms with van der Waals surface area (Å²) in [4.78, 5) is 22.1. The minimum Gasteiger partial charge on any atom is -0.339 e. The fourth-order valence-corrected chi connectivity index (χ4v) is 4.83. The Labute approximate surface area is 191 Å². The quantitative estimate of drug-likeness (QED) is 0.637. The van der Waals surface area contributed by atoms with E-state index in [4.69, 9.17) is 16.6 Å². The van der Waals surface area contributed by atoms with Crippen LogP contribution in [0.2, 0.25) is 5.02 Å². The molecule has 2 fully saturated rings. The first kappa shape index (κ1) is 20.9. The van der Waals surface area contributed by atoms with E-state index in [1.807, 2.05) is 42.5 Å². The monoisotopic (exact) mass is 450 g/mol. The molecule has 1 aromatic heterocycles. The lowest BCUT2D eigenvalue weighted by molar-refractivity contribution is -0.125. The number of hydrogen-bond acceptors (Lipinski definition) is 4. The van der Waals surface area contributed by atoms with Crippen molar-refractivity contribution >= 4 is 23.2 Å².